The quantitative estimate of drug-likeness (QED) is 0.751. The van der Waals surface area contributed by atoms with Gasteiger partial charge in [0.15, 0.2) is 5.75 Å². The summed E-state index contributed by atoms with van der Waals surface area (Å²) < 4.78 is 24.7. The number of nitriles is 1. The molecule has 2 N–H and O–H groups in total. The lowest BCUT2D eigenvalue weighted by Gasteiger charge is -2.09. The molecular formula is C9H10N2O3S. The Morgan fingerprint density at radius 2 is 2.20 bits per heavy atom. The lowest BCUT2D eigenvalue weighted by molar-refractivity contribution is 0.477. The molecule has 0 unspecified atom stereocenters. The highest BCUT2D eigenvalue weighted by atomic mass is 32.2. The average Bonchev–Trinajstić information content (AvgIpc) is 2.11. The topological polar surface area (TPSA) is 90.2 Å². The first-order valence-electron chi connectivity index (χ1n) is 4.12. The Bertz CT molecular complexity index is 482. The van der Waals surface area contributed by atoms with Gasteiger partial charge in [0, 0.05) is 0 Å². The van der Waals surface area contributed by atoms with Crippen molar-refractivity contribution in [2.75, 3.05) is 10.5 Å². The Kier molecular flexibility index (Phi) is 3.17. The van der Waals surface area contributed by atoms with Crippen LogP contribution in [0.25, 0.3) is 0 Å². The van der Waals surface area contributed by atoms with Gasteiger partial charge in [0.2, 0.25) is 10.0 Å². The molecule has 0 heterocycles. The third kappa shape index (κ3) is 2.86. The van der Waals surface area contributed by atoms with Gasteiger partial charge in [-0.25, -0.2) is 8.42 Å². The number of hydrogen-bond donors (Lipinski definition) is 2. The second kappa shape index (κ2) is 4.19. The summed E-state index contributed by atoms with van der Waals surface area (Å²) in [5.41, 5.74) is 0.712. The number of anilines is 1. The Morgan fingerprint density at radius 3 is 2.73 bits per heavy atom. The third-order valence-electron chi connectivity index (χ3n) is 1.76. The summed E-state index contributed by atoms with van der Waals surface area (Å²) in [7, 11) is -3.70. The van der Waals surface area contributed by atoms with Crippen molar-refractivity contribution >= 4 is 15.7 Å². The molecule has 1 rings (SSSR count). The fourth-order valence-electron chi connectivity index (χ4n) is 1.06. The number of sulfonamides is 1. The molecule has 0 bridgehead atoms. The van der Waals surface area contributed by atoms with Crippen molar-refractivity contribution in [2.24, 2.45) is 0 Å². The minimum Gasteiger partial charge on any atom is -0.506 e. The zero-order chi connectivity index (χ0) is 11.5. The van der Waals surface area contributed by atoms with Crippen LogP contribution in [0.4, 0.5) is 5.69 Å². The summed E-state index contributed by atoms with van der Waals surface area (Å²) in [5, 5.41) is 17.7. The maximum atomic E-state index is 11.3. The molecule has 80 valence electrons. The van der Waals surface area contributed by atoms with Crippen molar-refractivity contribution in [2.45, 2.75) is 6.92 Å². The number of para-hydroxylation sites is 1. The molecule has 0 atom stereocenters. The number of aromatic hydroxyl groups is 1. The summed E-state index contributed by atoms with van der Waals surface area (Å²) >= 11 is 0. The Balaban J connectivity index is 3.06. The molecule has 1 aromatic rings. The number of nitrogens with zero attached hydrogens (tertiary/aromatic N) is 1. The summed E-state index contributed by atoms with van der Waals surface area (Å²) in [5.74, 6) is -0.794. The van der Waals surface area contributed by atoms with Crippen LogP contribution in [0.15, 0.2) is 18.2 Å². The van der Waals surface area contributed by atoms with Gasteiger partial charge in [0.1, 0.15) is 5.75 Å². The summed E-state index contributed by atoms with van der Waals surface area (Å²) in [4.78, 5) is 0. The molecule has 1 aromatic carbocycles. The number of rotatable bonds is 3. The van der Waals surface area contributed by atoms with Crippen LogP contribution in [0.5, 0.6) is 5.75 Å². The Morgan fingerprint density at radius 1 is 1.53 bits per heavy atom. The molecule has 0 fully saturated rings. The fourth-order valence-corrected chi connectivity index (χ4v) is 1.88. The van der Waals surface area contributed by atoms with Crippen molar-refractivity contribution in [1.82, 2.24) is 0 Å². The van der Waals surface area contributed by atoms with Crippen molar-refractivity contribution in [3.63, 3.8) is 0 Å². The monoisotopic (exact) mass is 226 g/mol. The predicted molar refractivity (Wildman–Crippen MR) is 55.9 cm³/mol. The molecule has 0 saturated heterocycles. The van der Waals surface area contributed by atoms with Gasteiger partial charge in [0.05, 0.1) is 11.8 Å². The molecule has 0 spiro atoms. The summed E-state index contributed by atoms with van der Waals surface area (Å²) in [6, 6.07) is 6.17. The van der Waals surface area contributed by atoms with Crippen molar-refractivity contribution in [1.29, 1.82) is 5.26 Å². The number of phenols is 1. The van der Waals surface area contributed by atoms with Crippen LogP contribution < -0.4 is 4.72 Å². The lowest BCUT2D eigenvalue weighted by atomic mass is 10.2. The maximum absolute atomic E-state index is 11.3. The molecule has 0 amide bonds. The molecule has 0 aliphatic heterocycles. The minimum absolute atomic E-state index is 0.118. The standard InChI is InChI=1S/C9H10N2O3S/c1-7-3-2-4-8(12)9(7)11-15(13,14)6-5-10/h2-4,11-12H,6H2,1H3. The van der Waals surface area contributed by atoms with Gasteiger partial charge in [0.25, 0.3) is 0 Å². The van der Waals surface area contributed by atoms with Crippen LogP contribution in [0.2, 0.25) is 0 Å². The van der Waals surface area contributed by atoms with E-state index in [0.717, 1.165) is 0 Å². The van der Waals surface area contributed by atoms with Crippen LogP contribution in [-0.4, -0.2) is 19.3 Å². The molecule has 6 heteroatoms. The maximum Gasteiger partial charge on any atom is 0.246 e. The lowest BCUT2D eigenvalue weighted by Crippen LogP contribution is -2.16. The first-order valence-corrected chi connectivity index (χ1v) is 5.77. The van der Waals surface area contributed by atoms with Crippen LogP contribution >= 0.6 is 0 Å². The number of hydrogen-bond acceptors (Lipinski definition) is 4. The molecule has 15 heavy (non-hydrogen) atoms. The van der Waals surface area contributed by atoms with Gasteiger partial charge < -0.3 is 5.11 Å². The van der Waals surface area contributed by atoms with Crippen molar-refractivity contribution < 1.29 is 13.5 Å². The van der Waals surface area contributed by atoms with Gasteiger partial charge in [-0.05, 0) is 18.6 Å². The van der Waals surface area contributed by atoms with E-state index in [1.807, 2.05) is 0 Å². The minimum atomic E-state index is -3.70. The number of aryl methyl sites for hydroxylation is 1. The first kappa shape index (κ1) is 11.3. The predicted octanol–water partition coefficient (Wildman–Crippen LogP) is 0.966. The summed E-state index contributed by atoms with van der Waals surface area (Å²) in [6.45, 7) is 1.66. The van der Waals surface area contributed by atoms with Gasteiger partial charge in [-0.15, -0.1) is 0 Å². The van der Waals surface area contributed by atoms with Gasteiger partial charge >= 0.3 is 0 Å². The van der Waals surface area contributed by atoms with Crippen LogP contribution in [0, 0.1) is 18.3 Å². The summed E-state index contributed by atoms with van der Waals surface area (Å²) in [6.07, 6.45) is 0. The Labute approximate surface area is 88.0 Å². The molecule has 0 aliphatic carbocycles. The van der Waals surface area contributed by atoms with Crippen molar-refractivity contribution in [3.8, 4) is 11.8 Å². The van der Waals surface area contributed by atoms with Crippen LogP contribution in [0.3, 0.4) is 0 Å². The van der Waals surface area contributed by atoms with Gasteiger partial charge in [-0.2, -0.15) is 5.26 Å². The van der Waals surface area contributed by atoms with E-state index in [9.17, 15) is 13.5 Å². The van der Waals surface area contributed by atoms with E-state index in [2.05, 4.69) is 4.72 Å². The molecule has 0 saturated carbocycles. The molecule has 0 aliphatic rings. The highest BCUT2D eigenvalue weighted by molar-refractivity contribution is 7.92. The second-order valence-corrected chi connectivity index (χ2v) is 4.71. The van der Waals surface area contributed by atoms with E-state index in [0.29, 0.717) is 5.56 Å². The van der Waals surface area contributed by atoms with E-state index in [1.165, 1.54) is 12.1 Å². The largest absolute Gasteiger partial charge is 0.506 e. The highest BCUT2D eigenvalue weighted by Crippen LogP contribution is 2.27. The van der Waals surface area contributed by atoms with Gasteiger partial charge in [-0.3, -0.25) is 4.72 Å². The van der Waals surface area contributed by atoms with Crippen molar-refractivity contribution in [3.05, 3.63) is 23.8 Å². The van der Waals surface area contributed by atoms with Crippen LogP contribution in [-0.2, 0) is 10.0 Å². The Hall–Kier alpha value is -1.74. The molecule has 0 radical (unpaired) electrons. The zero-order valence-electron chi connectivity index (χ0n) is 8.06. The van der Waals surface area contributed by atoms with E-state index in [1.54, 1.807) is 19.1 Å². The zero-order valence-corrected chi connectivity index (χ0v) is 8.87. The highest BCUT2D eigenvalue weighted by Gasteiger charge is 2.13. The van der Waals surface area contributed by atoms with E-state index >= 15 is 0 Å². The van der Waals surface area contributed by atoms with Crippen LogP contribution in [0.1, 0.15) is 5.56 Å². The molecular weight excluding hydrogens is 216 g/mol. The normalized spacial score (nSPS) is 10.7. The number of phenolic OH excluding ortho intramolecular Hbond substituents is 1. The number of benzene rings is 1. The van der Waals surface area contributed by atoms with E-state index in [4.69, 9.17) is 5.26 Å². The first-order chi connectivity index (χ1) is 6.96. The average molecular weight is 226 g/mol. The molecule has 0 aromatic heterocycles. The van der Waals surface area contributed by atoms with E-state index in [-0.39, 0.29) is 11.4 Å². The number of nitrogens with one attached hydrogen (secondary N) is 1. The second-order valence-electron chi connectivity index (χ2n) is 2.99. The fraction of sp³-hybridized carbons (Fsp3) is 0.222. The van der Waals surface area contributed by atoms with E-state index < -0.39 is 15.8 Å². The molecule has 5 nitrogen and oxygen atoms in total. The van der Waals surface area contributed by atoms with Gasteiger partial charge in [-0.1, -0.05) is 12.1 Å². The third-order valence-corrected chi connectivity index (χ3v) is 2.79. The SMILES string of the molecule is Cc1cccc(O)c1NS(=O)(=O)CC#N. The smallest absolute Gasteiger partial charge is 0.246 e.